The first-order valence-electron chi connectivity index (χ1n) is 6.20. The van der Waals surface area contributed by atoms with Crippen molar-refractivity contribution in [1.82, 2.24) is 14.8 Å². The van der Waals surface area contributed by atoms with Crippen molar-refractivity contribution in [3.63, 3.8) is 0 Å². The van der Waals surface area contributed by atoms with Crippen LogP contribution in [0, 0.1) is 0 Å². The number of hydrogen-bond acceptors (Lipinski definition) is 2. The molecule has 0 fully saturated rings. The minimum Gasteiger partial charge on any atom is -0.256 e. The number of hydrogen-bond donors (Lipinski definition) is 0. The van der Waals surface area contributed by atoms with Crippen molar-refractivity contribution in [3.05, 3.63) is 67.0 Å². The van der Waals surface area contributed by atoms with Crippen LogP contribution in [0.3, 0.4) is 0 Å². The third-order valence-electron chi connectivity index (χ3n) is 3.33. The Morgan fingerprint density at radius 2 is 1.68 bits per heavy atom. The van der Waals surface area contributed by atoms with Crippen LogP contribution in [0.15, 0.2) is 67.0 Å². The van der Waals surface area contributed by atoms with Gasteiger partial charge in [-0.3, -0.25) is 4.98 Å². The summed E-state index contributed by atoms with van der Waals surface area (Å²) < 4.78 is 1.97. The molecule has 0 aliphatic heterocycles. The molecule has 0 spiro atoms. The monoisotopic (exact) mass is 245 g/mol. The molecule has 4 rings (SSSR count). The van der Waals surface area contributed by atoms with Gasteiger partial charge in [0.1, 0.15) is 0 Å². The van der Waals surface area contributed by atoms with E-state index in [1.165, 1.54) is 0 Å². The van der Waals surface area contributed by atoms with E-state index in [4.69, 9.17) is 0 Å². The van der Waals surface area contributed by atoms with E-state index in [0.717, 1.165) is 27.5 Å². The number of fused-ring (bicyclic) bond motifs is 2. The van der Waals surface area contributed by atoms with Gasteiger partial charge in [-0.15, -0.1) is 0 Å². The van der Waals surface area contributed by atoms with Gasteiger partial charge in [-0.25, -0.2) is 4.68 Å². The Labute approximate surface area is 110 Å². The van der Waals surface area contributed by atoms with Gasteiger partial charge in [0.15, 0.2) is 0 Å². The largest absolute Gasteiger partial charge is 0.256 e. The van der Waals surface area contributed by atoms with Crippen LogP contribution in [0.1, 0.15) is 0 Å². The van der Waals surface area contributed by atoms with Crippen molar-refractivity contribution in [3.8, 4) is 5.69 Å². The average Bonchev–Trinajstić information content (AvgIpc) is 2.90. The number of aromatic nitrogens is 3. The highest BCUT2D eigenvalue weighted by Crippen LogP contribution is 2.23. The molecule has 2 heterocycles. The normalized spacial score (nSPS) is 11.2. The molecular formula is C16H11N3. The quantitative estimate of drug-likeness (QED) is 0.513. The molecule has 0 bridgehead atoms. The van der Waals surface area contributed by atoms with Crippen LogP contribution in [-0.2, 0) is 0 Å². The summed E-state index contributed by atoms with van der Waals surface area (Å²) in [6, 6.07) is 18.3. The highest BCUT2D eigenvalue weighted by molar-refractivity contribution is 5.89. The van der Waals surface area contributed by atoms with Gasteiger partial charge in [0.05, 0.1) is 22.9 Å². The Morgan fingerprint density at radius 1 is 0.842 bits per heavy atom. The molecule has 19 heavy (non-hydrogen) atoms. The predicted molar refractivity (Wildman–Crippen MR) is 76.4 cm³/mol. The Hall–Kier alpha value is -2.68. The van der Waals surface area contributed by atoms with E-state index >= 15 is 0 Å². The minimum atomic E-state index is 0.986. The van der Waals surface area contributed by atoms with Gasteiger partial charge < -0.3 is 0 Å². The lowest BCUT2D eigenvalue weighted by Crippen LogP contribution is -1.97. The van der Waals surface area contributed by atoms with Gasteiger partial charge in [-0.05, 0) is 18.2 Å². The van der Waals surface area contributed by atoms with Crippen molar-refractivity contribution in [2.45, 2.75) is 0 Å². The average molecular weight is 245 g/mol. The second-order valence-corrected chi connectivity index (χ2v) is 4.46. The molecule has 0 aliphatic carbocycles. The van der Waals surface area contributed by atoms with Crippen LogP contribution in [0.25, 0.3) is 27.5 Å². The summed E-state index contributed by atoms with van der Waals surface area (Å²) in [5.41, 5.74) is 3.16. The fourth-order valence-corrected chi connectivity index (χ4v) is 2.43. The summed E-state index contributed by atoms with van der Waals surface area (Å²) in [4.78, 5) is 4.39. The molecule has 0 unspecified atom stereocenters. The minimum absolute atomic E-state index is 0.986. The Morgan fingerprint density at radius 3 is 2.68 bits per heavy atom. The molecule has 2 aromatic heterocycles. The smallest absolute Gasteiger partial charge is 0.0762 e. The Balaban J connectivity index is 2.10. The zero-order chi connectivity index (χ0) is 12.7. The SMILES string of the molecule is c1ccc2c(c1)cnn2-c1ccnc2ccccc12. The summed E-state index contributed by atoms with van der Waals surface area (Å²) in [7, 11) is 0. The third-order valence-corrected chi connectivity index (χ3v) is 3.33. The molecule has 0 amide bonds. The molecule has 0 aliphatic rings. The molecule has 4 aromatic rings. The molecule has 0 radical (unpaired) electrons. The predicted octanol–water partition coefficient (Wildman–Crippen LogP) is 3.57. The lowest BCUT2D eigenvalue weighted by molar-refractivity contribution is 0.916. The zero-order valence-electron chi connectivity index (χ0n) is 10.2. The molecule has 0 saturated heterocycles. The van der Waals surface area contributed by atoms with Crippen molar-refractivity contribution < 1.29 is 0 Å². The van der Waals surface area contributed by atoms with E-state index in [1.807, 2.05) is 53.5 Å². The number of rotatable bonds is 1. The fraction of sp³-hybridized carbons (Fsp3) is 0. The van der Waals surface area contributed by atoms with Crippen molar-refractivity contribution in [1.29, 1.82) is 0 Å². The summed E-state index contributed by atoms with van der Waals surface area (Å²) in [5.74, 6) is 0. The summed E-state index contributed by atoms with van der Waals surface area (Å²) in [6.07, 6.45) is 3.72. The van der Waals surface area contributed by atoms with E-state index in [0.29, 0.717) is 0 Å². The molecule has 0 saturated carbocycles. The molecule has 90 valence electrons. The van der Waals surface area contributed by atoms with Gasteiger partial charge in [0.2, 0.25) is 0 Å². The van der Waals surface area contributed by atoms with Crippen molar-refractivity contribution >= 4 is 21.8 Å². The van der Waals surface area contributed by atoms with E-state index in [2.05, 4.69) is 28.3 Å². The highest BCUT2D eigenvalue weighted by atomic mass is 15.3. The first-order chi connectivity index (χ1) is 9.43. The fourth-order valence-electron chi connectivity index (χ4n) is 2.43. The van der Waals surface area contributed by atoms with Gasteiger partial charge in [-0.1, -0.05) is 36.4 Å². The number of nitrogens with zero attached hydrogens (tertiary/aromatic N) is 3. The van der Waals surface area contributed by atoms with Crippen LogP contribution in [0.4, 0.5) is 0 Å². The lowest BCUT2D eigenvalue weighted by atomic mass is 10.2. The maximum Gasteiger partial charge on any atom is 0.0762 e. The van der Waals surface area contributed by atoms with E-state index < -0.39 is 0 Å². The van der Waals surface area contributed by atoms with E-state index in [9.17, 15) is 0 Å². The van der Waals surface area contributed by atoms with E-state index in [-0.39, 0.29) is 0 Å². The molecular weight excluding hydrogens is 234 g/mol. The topological polar surface area (TPSA) is 30.7 Å². The first-order valence-corrected chi connectivity index (χ1v) is 6.20. The number of para-hydroxylation sites is 2. The summed E-state index contributed by atoms with van der Waals surface area (Å²) >= 11 is 0. The Kier molecular flexibility index (Phi) is 2.12. The summed E-state index contributed by atoms with van der Waals surface area (Å²) in [5, 5.41) is 6.76. The zero-order valence-corrected chi connectivity index (χ0v) is 10.2. The number of pyridine rings is 1. The van der Waals surface area contributed by atoms with Crippen molar-refractivity contribution in [2.24, 2.45) is 0 Å². The van der Waals surface area contributed by atoms with Gasteiger partial charge in [0.25, 0.3) is 0 Å². The molecule has 3 heteroatoms. The molecule has 2 aromatic carbocycles. The standard InChI is InChI=1S/C16H11N3/c1-4-8-15-12(5-1)11-18-19(15)16-9-10-17-14-7-3-2-6-13(14)16/h1-11H. The maximum atomic E-state index is 4.50. The van der Waals surface area contributed by atoms with Crippen LogP contribution >= 0.6 is 0 Å². The summed E-state index contributed by atoms with van der Waals surface area (Å²) in [6.45, 7) is 0. The number of benzene rings is 2. The Bertz CT molecular complexity index is 872. The third kappa shape index (κ3) is 1.52. The first kappa shape index (κ1) is 10.3. The van der Waals surface area contributed by atoms with Crippen LogP contribution in [0.2, 0.25) is 0 Å². The molecule has 0 N–H and O–H groups in total. The van der Waals surface area contributed by atoms with Gasteiger partial charge >= 0.3 is 0 Å². The van der Waals surface area contributed by atoms with Crippen LogP contribution in [-0.4, -0.2) is 14.8 Å². The maximum absolute atomic E-state index is 4.50. The second kappa shape index (κ2) is 3.92. The highest BCUT2D eigenvalue weighted by Gasteiger charge is 2.07. The van der Waals surface area contributed by atoms with Crippen LogP contribution < -0.4 is 0 Å². The van der Waals surface area contributed by atoms with Gasteiger partial charge in [-0.2, -0.15) is 5.10 Å². The van der Waals surface area contributed by atoms with Gasteiger partial charge in [0, 0.05) is 17.0 Å². The second-order valence-electron chi connectivity index (χ2n) is 4.46. The van der Waals surface area contributed by atoms with E-state index in [1.54, 1.807) is 0 Å². The van der Waals surface area contributed by atoms with Crippen LogP contribution in [0.5, 0.6) is 0 Å². The molecule has 0 atom stereocenters. The van der Waals surface area contributed by atoms with Crippen molar-refractivity contribution in [2.75, 3.05) is 0 Å². The lowest BCUT2D eigenvalue weighted by Gasteiger charge is -2.07. The molecule has 3 nitrogen and oxygen atoms in total.